The van der Waals surface area contributed by atoms with Gasteiger partial charge >= 0.3 is 5.97 Å². The van der Waals surface area contributed by atoms with E-state index in [0.717, 1.165) is 10.9 Å². The van der Waals surface area contributed by atoms with Crippen LogP contribution in [0.4, 0.5) is 0 Å². The molecule has 0 saturated heterocycles. The molecule has 2 rings (SSSR count). The molecule has 5 nitrogen and oxygen atoms in total. The lowest BCUT2D eigenvalue weighted by Crippen LogP contribution is -2.37. The number of hydrogen-bond acceptors (Lipinski definition) is 4. The van der Waals surface area contributed by atoms with Crippen LogP contribution in [-0.4, -0.2) is 29.8 Å². The average Bonchev–Trinajstić information content (AvgIpc) is 2.70. The van der Waals surface area contributed by atoms with Gasteiger partial charge in [0.05, 0.1) is 19.2 Å². The maximum Gasteiger partial charge on any atom is 0.358 e. The second kappa shape index (κ2) is 7.43. The van der Waals surface area contributed by atoms with Crippen LogP contribution in [-0.2, 0) is 11.3 Å². The summed E-state index contributed by atoms with van der Waals surface area (Å²) in [6, 6.07) is 5.42. The molecular formula is C16H22Cl2N2O3. The molecule has 0 saturated carbocycles. The molecule has 0 spiro atoms. The molecule has 1 aromatic heterocycles. The minimum Gasteiger partial charge on any atom is -0.491 e. The molecule has 0 fully saturated rings. The molecule has 7 heteroatoms. The molecule has 23 heavy (non-hydrogen) atoms. The second-order valence-corrected chi connectivity index (χ2v) is 6.27. The Morgan fingerprint density at radius 1 is 1.39 bits per heavy atom. The molecule has 1 aromatic carbocycles. The summed E-state index contributed by atoms with van der Waals surface area (Å²) in [6.45, 7) is 6.54. The predicted molar refractivity (Wildman–Crippen MR) is 95.0 cm³/mol. The quantitative estimate of drug-likeness (QED) is 0.826. The van der Waals surface area contributed by atoms with Crippen LogP contribution in [0.3, 0.4) is 0 Å². The third kappa shape index (κ3) is 4.10. The van der Waals surface area contributed by atoms with Crippen molar-refractivity contribution >= 4 is 40.9 Å². The van der Waals surface area contributed by atoms with Crippen molar-refractivity contribution < 1.29 is 14.3 Å². The van der Waals surface area contributed by atoms with Crippen molar-refractivity contribution in [3.63, 3.8) is 0 Å². The zero-order valence-electron chi connectivity index (χ0n) is 13.7. The van der Waals surface area contributed by atoms with Crippen LogP contribution in [0.5, 0.6) is 5.75 Å². The predicted octanol–water partition coefficient (Wildman–Crippen LogP) is 3.64. The van der Waals surface area contributed by atoms with Gasteiger partial charge in [0.15, 0.2) is 11.4 Å². The lowest BCUT2D eigenvalue weighted by molar-refractivity contribution is 0.0583. The normalized spacial score (nSPS) is 11.2. The summed E-state index contributed by atoms with van der Waals surface area (Å²) < 4.78 is 12.5. The number of esters is 1. The van der Waals surface area contributed by atoms with Crippen LogP contribution in [0.2, 0.25) is 5.02 Å². The monoisotopic (exact) mass is 360 g/mol. The van der Waals surface area contributed by atoms with Crippen LogP contribution in [0.1, 0.15) is 31.3 Å². The molecule has 0 aliphatic rings. The van der Waals surface area contributed by atoms with Gasteiger partial charge in [0, 0.05) is 22.5 Å². The highest BCUT2D eigenvalue weighted by atomic mass is 35.5. The number of rotatable bonds is 5. The van der Waals surface area contributed by atoms with E-state index < -0.39 is 11.5 Å². The molecule has 1 heterocycles. The Kier molecular flexibility index (Phi) is 6.33. The van der Waals surface area contributed by atoms with E-state index in [1.165, 1.54) is 7.11 Å². The van der Waals surface area contributed by atoms with Crippen LogP contribution >= 0.6 is 24.0 Å². The van der Waals surface area contributed by atoms with E-state index in [1.807, 2.05) is 31.4 Å². The van der Waals surface area contributed by atoms with Crippen molar-refractivity contribution in [3.05, 3.63) is 28.9 Å². The van der Waals surface area contributed by atoms with Crippen molar-refractivity contribution in [2.75, 3.05) is 13.7 Å². The summed E-state index contributed by atoms with van der Waals surface area (Å²) in [5.41, 5.74) is 6.84. The minimum atomic E-state index is -0.502. The first-order valence-electron chi connectivity index (χ1n) is 7.10. The van der Waals surface area contributed by atoms with Gasteiger partial charge in [-0.3, -0.25) is 0 Å². The van der Waals surface area contributed by atoms with Gasteiger partial charge in [-0.05, 0) is 39.0 Å². The largest absolute Gasteiger partial charge is 0.491 e. The van der Waals surface area contributed by atoms with Crippen molar-refractivity contribution in [3.8, 4) is 5.75 Å². The van der Waals surface area contributed by atoms with E-state index in [0.29, 0.717) is 29.6 Å². The average molecular weight is 361 g/mol. The summed E-state index contributed by atoms with van der Waals surface area (Å²) in [7, 11) is 1.35. The van der Waals surface area contributed by atoms with Crippen molar-refractivity contribution in [2.24, 2.45) is 5.73 Å². The van der Waals surface area contributed by atoms with Gasteiger partial charge in [-0.2, -0.15) is 0 Å². The number of hydrogen-bond donors (Lipinski definition) is 1. The lowest BCUT2D eigenvalue weighted by atomic mass is 10.1. The Morgan fingerprint density at radius 3 is 2.57 bits per heavy atom. The number of aromatic nitrogens is 1. The Bertz CT molecular complexity index is 705. The number of fused-ring (bicyclic) bond motifs is 1. The first kappa shape index (κ1) is 19.6. The molecular weight excluding hydrogens is 339 g/mol. The Hall–Kier alpha value is -1.43. The van der Waals surface area contributed by atoms with Crippen molar-refractivity contribution in [2.45, 2.75) is 32.9 Å². The fourth-order valence-corrected chi connectivity index (χ4v) is 2.63. The van der Waals surface area contributed by atoms with Crippen LogP contribution in [0, 0.1) is 0 Å². The van der Waals surface area contributed by atoms with Crippen LogP contribution in [0.15, 0.2) is 18.2 Å². The number of carbonyl (C=O) groups excluding carboxylic acids is 1. The third-order valence-electron chi connectivity index (χ3n) is 3.21. The number of ether oxygens (including phenoxy) is 2. The minimum absolute atomic E-state index is 0. The van der Waals surface area contributed by atoms with E-state index in [4.69, 9.17) is 26.8 Å². The summed E-state index contributed by atoms with van der Waals surface area (Å²) in [5, 5.41) is 1.35. The Labute approximate surface area is 147 Å². The maximum absolute atomic E-state index is 12.3. The highest BCUT2D eigenvalue weighted by molar-refractivity contribution is 6.31. The Morgan fingerprint density at radius 2 is 2.04 bits per heavy atom. The zero-order valence-corrected chi connectivity index (χ0v) is 15.3. The highest BCUT2D eigenvalue weighted by Gasteiger charge is 2.27. The zero-order chi connectivity index (χ0) is 16.5. The Balaban J connectivity index is 0.00000264. The molecule has 0 amide bonds. The van der Waals surface area contributed by atoms with Crippen LogP contribution in [0.25, 0.3) is 10.9 Å². The van der Waals surface area contributed by atoms with Crippen molar-refractivity contribution in [1.82, 2.24) is 4.57 Å². The molecule has 0 aliphatic carbocycles. The van der Waals surface area contributed by atoms with E-state index >= 15 is 0 Å². The van der Waals surface area contributed by atoms with E-state index in [9.17, 15) is 4.79 Å². The fourth-order valence-electron chi connectivity index (χ4n) is 2.46. The van der Waals surface area contributed by atoms with Gasteiger partial charge in [0.2, 0.25) is 0 Å². The molecule has 2 aromatic rings. The third-order valence-corrected chi connectivity index (χ3v) is 3.45. The topological polar surface area (TPSA) is 66.5 Å². The standard InChI is InChI=1S/C16H21ClN2O3.ClH/c1-5-22-14-11-8-10(17)6-7-12(11)19(9-16(2,3)18)13(14)15(20)21-4;/h6-8H,5,9,18H2,1-4H3;1H. The van der Waals surface area contributed by atoms with E-state index in [1.54, 1.807) is 12.1 Å². The van der Waals surface area contributed by atoms with Gasteiger partial charge in [0.25, 0.3) is 0 Å². The number of methoxy groups -OCH3 is 1. The van der Waals surface area contributed by atoms with Gasteiger partial charge in [-0.25, -0.2) is 4.79 Å². The highest BCUT2D eigenvalue weighted by Crippen LogP contribution is 2.36. The summed E-state index contributed by atoms with van der Waals surface area (Å²) in [4.78, 5) is 12.3. The molecule has 0 atom stereocenters. The molecule has 0 radical (unpaired) electrons. The second-order valence-electron chi connectivity index (χ2n) is 5.84. The maximum atomic E-state index is 12.3. The molecule has 2 N–H and O–H groups in total. The molecule has 0 unspecified atom stereocenters. The number of nitrogens with zero attached hydrogens (tertiary/aromatic N) is 1. The smallest absolute Gasteiger partial charge is 0.358 e. The van der Waals surface area contributed by atoms with E-state index in [2.05, 4.69) is 0 Å². The summed E-state index contributed by atoms with van der Waals surface area (Å²) in [5.74, 6) is 0.0242. The summed E-state index contributed by atoms with van der Waals surface area (Å²) in [6.07, 6.45) is 0. The van der Waals surface area contributed by atoms with Gasteiger partial charge < -0.3 is 19.8 Å². The summed E-state index contributed by atoms with van der Waals surface area (Å²) >= 11 is 6.09. The fraction of sp³-hybridized carbons (Fsp3) is 0.438. The van der Waals surface area contributed by atoms with Crippen LogP contribution < -0.4 is 10.5 Å². The first-order valence-corrected chi connectivity index (χ1v) is 7.48. The van der Waals surface area contributed by atoms with Gasteiger partial charge in [-0.1, -0.05) is 11.6 Å². The number of halogens is 2. The molecule has 128 valence electrons. The van der Waals surface area contributed by atoms with Gasteiger partial charge in [0.1, 0.15) is 0 Å². The molecule has 0 bridgehead atoms. The SMILES string of the molecule is CCOc1c(C(=O)OC)n(CC(C)(C)N)c2ccc(Cl)cc12.Cl. The number of nitrogens with two attached hydrogens (primary N) is 1. The van der Waals surface area contributed by atoms with Crippen molar-refractivity contribution in [1.29, 1.82) is 0 Å². The number of carbonyl (C=O) groups is 1. The lowest BCUT2D eigenvalue weighted by Gasteiger charge is -2.21. The molecule has 0 aliphatic heterocycles. The first-order chi connectivity index (χ1) is 10.3. The van der Waals surface area contributed by atoms with E-state index in [-0.39, 0.29) is 12.4 Å². The van der Waals surface area contributed by atoms with Gasteiger partial charge in [-0.15, -0.1) is 12.4 Å². The number of benzene rings is 1.